The van der Waals surface area contributed by atoms with Crippen molar-refractivity contribution >= 4 is 22.2 Å². The average molecular weight is 411 g/mol. The molecule has 2 heterocycles. The summed E-state index contributed by atoms with van der Waals surface area (Å²) < 4.78 is 31.6. The number of benzene rings is 1. The van der Waals surface area contributed by atoms with Crippen LogP contribution in [0.5, 0.6) is 0 Å². The fourth-order valence-electron chi connectivity index (χ4n) is 3.32. The van der Waals surface area contributed by atoms with Gasteiger partial charge in [0, 0.05) is 6.54 Å². The lowest BCUT2D eigenvalue weighted by Crippen LogP contribution is -3.14. The summed E-state index contributed by atoms with van der Waals surface area (Å²) in [5, 5.41) is 4.43. The average Bonchev–Trinajstić information content (AvgIpc) is 3.03. The highest BCUT2D eigenvalue weighted by Gasteiger charge is 2.30. The third-order valence-corrected chi connectivity index (χ3v) is 7.34. The van der Waals surface area contributed by atoms with Gasteiger partial charge in [0.2, 0.25) is 14.8 Å². The zero-order valence-corrected chi connectivity index (χ0v) is 17.4. The molecule has 0 radical (unpaired) electrons. The standard InChI is InChI=1S/C18H27N5O2S2/c1-2-3-7-10-21-15-19-23(18(21)26)16-20-11-13-22(14-12-20)27(24,25)17-8-5-4-6-9-17/h4-6,8-9,15H,2-3,7,10-14,16H2,1H3/p+1. The van der Waals surface area contributed by atoms with Crippen LogP contribution in [0.4, 0.5) is 0 Å². The van der Waals surface area contributed by atoms with Crippen molar-refractivity contribution in [2.24, 2.45) is 0 Å². The molecule has 7 nitrogen and oxygen atoms in total. The van der Waals surface area contributed by atoms with E-state index in [1.807, 2.05) is 21.6 Å². The number of hydrogen-bond donors (Lipinski definition) is 1. The normalized spacial score (nSPS) is 16.6. The van der Waals surface area contributed by atoms with E-state index in [9.17, 15) is 8.42 Å². The van der Waals surface area contributed by atoms with Gasteiger partial charge >= 0.3 is 0 Å². The minimum absolute atomic E-state index is 0.362. The Morgan fingerprint density at radius 3 is 2.52 bits per heavy atom. The smallest absolute Gasteiger partial charge is 0.243 e. The fourth-order valence-corrected chi connectivity index (χ4v) is 5.03. The number of hydrogen-bond acceptors (Lipinski definition) is 4. The molecule has 1 N–H and O–H groups in total. The van der Waals surface area contributed by atoms with Crippen LogP contribution in [0.1, 0.15) is 26.2 Å². The maximum absolute atomic E-state index is 12.7. The molecular formula is C18H28N5O2S2+. The molecule has 27 heavy (non-hydrogen) atoms. The number of quaternary nitrogens is 1. The summed E-state index contributed by atoms with van der Waals surface area (Å²) in [5.41, 5.74) is 0. The maximum atomic E-state index is 12.7. The predicted molar refractivity (Wildman–Crippen MR) is 106 cm³/mol. The second-order valence-corrected chi connectivity index (χ2v) is 9.24. The van der Waals surface area contributed by atoms with Crippen molar-refractivity contribution in [2.45, 2.75) is 44.3 Å². The van der Waals surface area contributed by atoms with Crippen molar-refractivity contribution in [2.75, 3.05) is 26.2 Å². The zero-order chi connectivity index (χ0) is 19.3. The van der Waals surface area contributed by atoms with Gasteiger partial charge in [-0.05, 0) is 30.8 Å². The van der Waals surface area contributed by atoms with Gasteiger partial charge in [-0.3, -0.25) is 0 Å². The van der Waals surface area contributed by atoms with Crippen molar-refractivity contribution in [3.8, 4) is 0 Å². The Kier molecular flexibility index (Phi) is 6.80. The molecule has 0 atom stereocenters. The Morgan fingerprint density at radius 2 is 1.85 bits per heavy atom. The van der Waals surface area contributed by atoms with E-state index in [1.54, 1.807) is 28.6 Å². The number of nitrogens with zero attached hydrogens (tertiary/aromatic N) is 4. The minimum atomic E-state index is -3.40. The Morgan fingerprint density at radius 1 is 1.15 bits per heavy atom. The summed E-state index contributed by atoms with van der Waals surface area (Å²) in [4.78, 5) is 1.66. The van der Waals surface area contributed by atoms with Crippen LogP contribution >= 0.6 is 12.2 Å². The molecule has 1 aromatic heterocycles. The fraction of sp³-hybridized carbons (Fsp3) is 0.556. The lowest BCUT2D eigenvalue weighted by Gasteiger charge is -2.31. The maximum Gasteiger partial charge on any atom is 0.243 e. The second-order valence-electron chi connectivity index (χ2n) is 6.94. The van der Waals surface area contributed by atoms with Crippen LogP contribution in [0, 0.1) is 4.77 Å². The second kappa shape index (κ2) is 9.09. The van der Waals surface area contributed by atoms with Gasteiger partial charge in [0.05, 0.1) is 31.1 Å². The Hall–Kier alpha value is -1.55. The van der Waals surface area contributed by atoms with Crippen LogP contribution < -0.4 is 4.90 Å². The highest BCUT2D eigenvalue weighted by molar-refractivity contribution is 7.89. The van der Waals surface area contributed by atoms with Crippen molar-refractivity contribution < 1.29 is 13.3 Å². The Bertz CT molecular complexity index is 884. The number of unbranched alkanes of at least 4 members (excludes halogenated alkanes) is 2. The molecule has 0 bridgehead atoms. The van der Waals surface area contributed by atoms with Crippen LogP contribution in [-0.2, 0) is 23.2 Å². The highest BCUT2D eigenvalue weighted by atomic mass is 32.2. The summed E-state index contributed by atoms with van der Waals surface area (Å²) in [6, 6.07) is 8.64. The predicted octanol–water partition coefficient (Wildman–Crippen LogP) is 1.15. The lowest BCUT2D eigenvalue weighted by molar-refractivity contribution is -0.926. The molecule has 0 unspecified atom stereocenters. The Labute approximate surface area is 166 Å². The largest absolute Gasteiger partial charge is 0.314 e. The molecule has 1 fully saturated rings. The molecule has 0 spiro atoms. The number of sulfonamides is 1. The third-order valence-electron chi connectivity index (χ3n) is 4.98. The van der Waals surface area contributed by atoms with Gasteiger partial charge in [-0.25, -0.2) is 8.42 Å². The van der Waals surface area contributed by atoms with E-state index in [0.717, 1.165) is 30.8 Å². The van der Waals surface area contributed by atoms with Gasteiger partial charge in [-0.15, -0.1) is 0 Å². The first kappa shape index (κ1) is 20.2. The number of aryl methyl sites for hydroxylation is 1. The zero-order valence-electron chi connectivity index (χ0n) is 15.7. The van der Waals surface area contributed by atoms with E-state index in [2.05, 4.69) is 12.0 Å². The lowest BCUT2D eigenvalue weighted by atomic mass is 10.2. The SMILES string of the molecule is CCCCCn1cnn(C[NH+]2CCN(S(=O)(=O)c3ccccc3)CC2)c1=S. The molecule has 0 aliphatic carbocycles. The van der Waals surface area contributed by atoms with Crippen LogP contribution in [-0.4, -0.2) is 53.2 Å². The first-order valence-corrected chi connectivity index (χ1v) is 11.4. The van der Waals surface area contributed by atoms with E-state index >= 15 is 0 Å². The van der Waals surface area contributed by atoms with Gasteiger partial charge < -0.3 is 9.47 Å². The molecule has 1 saturated heterocycles. The van der Waals surface area contributed by atoms with Crippen molar-refractivity contribution in [1.82, 2.24) is 18.7 Å². The van der Waals surface area contributed by atoms with Crippen LogP contribution in [0.15, 0.2) is 41.6 Å². The molecule has 9 heteroatoms. The topological polar surface area (TPSA) is 64.6 Å². The van der Waals surface area contributed by atoms with Crippen LogP contribution in [0.2, 0.25) is 0 Å². The van der Waals surface area contributed by atoms with Gasteiger partial charge in [-0.2, -0.15) is 14.1 Å². The molecule has 3 rings (SSSR count). The third kappa shape index (κ3) is 4.84. The summed E-state index contributed by atoms with van der Waals surface area (Å²) in [7, 11) is -3.40. The first-order valence-electron chi connectivity index (χ1n) is 9.53. The molecule has 0 amide bonds. The number of rotatable bonds is 8. The Balaban J connectivity index is 1.57. The van der Waals surface area contributed by atoms with Crippen LogP contribution in [0.25, 0.3) is 0 Å². The van der Waals surface area contributed by atoms with Crippen molar-refractivity contribution in [1.29, 1.82) is 0 Å². The highest BCUT2D eigenvalue weighted by Crippen LogP contribution is 2.14. The summed E-state index contributed by atoms with van der Waals surface area (Å²) in [5.74, 6) is 0. The van der Waals surface area contributed by atoms with Gasteiger partial charge in [0.15, 0.2) is 6.67 Å². The van der Waals surface area contributed by atoms with Gasteiger partial charge in [0.25, 0.3) is 0 Å². The van der Waals surface area contributed by atoms with E-state index in [-0.39, 0.29) is 0 Å². The van der Waals surface area contributed by atoms with Gasteiger partial charge in [0.1, 0.15) is 6.33 Å². The number of nitrogens with one attached hydrogen (secondary N) is 1. The molecule has 1 aliphatic heterocycles. The summed E-state index contributed by atoms with van der Waals surface area (Å²) >= 11 is 5.53. The first-order chi connectivity index (χ1) is 13.0. The number of aromatic nitrogens is 3. The van der Waals surface area contributed by atoms with Crippen LogP contribution in [0.3, 0.4) is 0 Å². The molecule has 2 aromatic rings. The van der Waals surface area contributed by atoms with E-state index in [0.29, 0.717) is 24.7 Å². The minimum Gasteiger partial charge on any atom is -0.314 e. The molecular weight excluding hydrogens is 382 g/mol. The molecule has 1 aromatic carbocycles. The van der Waals surface area contributed by atoms with Crippen molar-refractivity contribution in [3.05, 3.63) is 41.4 Å². The molecule has 148 valence electrons. The quantitative estimate of drug-likeness (QED) is 0.524. The monoisotopic (exact) mass is 410 g/mol. The molecule has 1 aliphatic rings. The molecule has 0 saturated carbocycles. The van der Waals surface area contributed by atoms with E-state index in [4.69, 9.17) is 12.2 Å². The summed E-state index contributed by atoms with van der Waals surface area (Å²) in [6.07, 6.45) is 5.30. The summed E-state index contributed by atoms with van der Waals surface area (Å²) in [6.45, 7) is 6.29. The van der Waals surface area contributed by atoms with E-state index in [1.165, 1.54) is 17.7 Å². The van der Waals surface area contributed by atoms with E-state index < -0.39 is 10.0 Å². The number of piperazine rings is 1. The van der Waals surface area contributed by atoms with Crippen molar-refractivity contribution in [3.63, 3.8) is 0 Å². The van der Waals surface area contributed by atoms with Gasteiger partial charge in [-0.1, -0.05) is 38.0 Å².